The molecule has 0 saturated carbocycles. The van der Waals surface area contributed by atoms with E-state index in [9.17, 15) is 0 Å². The van der Waals surface area contributed by atoms with Gasteiger partial charge in [0.05, 0.1) is 13.1 Å². The van der Waals surface area contributed by atoms with Crippen molar-refractivity contribution in [3.8, 4) is 11.3 Å². The molecule has 0 atom stereocenters. The molecule has 1 fully saturated rings. The first-order valence-electron chi connectivity index (χ1n) is 15.5. The van der Waals surface area contributed by atoms with Gasteiger partial charge in [0.15, 0.2) is 11.6 Å². The molecule has 0 aliphatic carbocycles. The standard InChI is InChI=1S/C27H32F2N8/c1-5-35-8-10-36(11-9-35)16-19-6-7-24(30-14-19)33-27-31-15-22(29)25(34-27)20-12-21(28)26-23(13-20)37(17(2)3)18(4)32-26/h6-7,12-15,17H,5,8-11,16H2,1-4H3,(H,30,31,33,34)/i2D3,3D3,17D. The van der Waals surface area contributed by atoms with Crippen molar-refractivity contribution in [2.24, 2.45) is 0 Å². The summed E-state index contributed by atoms with van der Waals surface area (Å²) in [5.41, 5.74) is -0.114. The molecular weight excluding hydrogens is 474 g/mol. The van der Waals surface area contributed by atoms with Crippen molar-refractivity contribution in [2.45, 2.75) is 40.1 Å². The fourth-order valence-electron chi connectivity index (χ4n) is 4.53. The Kier molecular flexibility index (Phi) is 5.06. The molecule has 0 radical (unpaired) electrons. The minimum absolute atomic E-state index is 0.0395. The van der Waals surface area contributed by atoms with Crippen LogP contribution in [0.2, 0.25) is 0 Å². The number of nitrogens with zero attached hydrogens (tertiary/aromatic N) is 7. The summed E-state index contributed by atoms with van der Waals surface area (Å²) in [5, 5.41) is 2.91. The highest BCUT2D eigenvalue weighted by molar-refractivity contribution is 5.83. The molecule has 37 heavy (non-hydrogen) atoms. The third-order valence-corrected chi connectivity index (χ3v) is 6.51. The monoisotopic (exact) mass is 513 g/mol. The van der Waals surface area contributed by atoms with Crippen molar-refractivity contribution in [3.05, 3.63) is 59.7 Å². The smallest absolute Gasteiger partial charge is 0.229 e. The van der Waals surface area contributed by atoms with Crippen LogP contribution in [-0.4, -0.2) is 67.0 Å². The molecule has 1 aromatic carbocycles. The predicted molar refractivity (Wildman–Crippen MR) is 141 cm³/mol. The summed E-state index contributed by atoms with van der Waals surface area (Å²) in [4.78, 5) is 21.3. The van der Waals surface area contributed by atoms with E-state index in [1.165, 1.54) is 13.0 Å². The first kappa shape index (κ1) is 17.9. The number of rotatable bonds is 7. The van der Waals surface area contributed by atoms with E-state index in [4.69, 9.17) is 9.60 Å². The van der Waals surface area contributed by atoms with Crippen molar-refractivity contribution < 1.29 is 18.4 Å². The lowest BCUT2D eigenvalue weighted by atomic mass is 10.1. The molecule has 0 amide bonds. The summed E-state index contributed by atoms with van der Waals surface area (Å²) in [5.74, 6) is -1.73. The number of halogens is 2. The van der Waals surface area contributed by atoms with Crippen LogP contribution in [0.3, 0.4) is 0 Å². The second-order valence-electron chi connectivity index (χ2n) is 8.95. The number of likely N-dealkylation sites (N-methyl/N-ethyl adjacent to an activating group) is 1. The van der Waals surface area contributed by atoms with Gasteiger partial charge in [-0.3, -0.25) is 4.90 Å². The van der Waals surface area contributed by atoms with Gasteiger partial charge in [-0.25, -0.2) is 28.7 Å². The average Bonchev–Trinajstić information content (AvgIpc) is 3.30. The highest BCUT2D eigenvalue weighted by Gasteiger charge is 2.19. The highest BCUT2D eigenvalue weighted by atomic mass is 19.1. The Morgan fingerprint density at radius 2 is 1.81 bits per heavy atom. The molecule has 10 heteroatoms. The minimum atomic E-state index is -3.35. The van der Waals surface area contributed by atoms with E-state index < -0.39 is 31.4 Å². The van der Waals surface area contributed by atoms with Crippen molar-refractivity contribution in [1.82, 2.24) is 34.3 Å². The second kappa shape index (κ2) is 10.5. The second-order valence-corrected chi connectivity index (χ2v) is 8.95. The zero-order valence-electron chi connectivity index (χ0n) is 27.6. The first-order chi connectivity index (χ1) is 20.6. The summed E-state index contributed by atoms with van der Waals surface area (Å²) < 4.78 is 86.8. The zero-order chi connectivity index (χ0) is 32.0. The summed E-state index contributed by atoms with van der Waals surface area (Å²) in [7, 11) is 0. The molecule has 194 valence electrons. The van der Waals surface area contributed by atoms with Gasteiger partial charge in [0, 0.05) is 58.7 Å². The molecule has 4 aromatic rings. The van der Waals surface area contributed by atoms with Gasteiger partial charge in [0.2, 0.25) is 5.95 Å². The molecule has 1 aliphatic rings. The van der Waals surface area contributed by atoms with Gasteiger partial charge in [-0.1, -0.05) is 13.0 Å². The molecule has 5 rings (SSSR count). The van der Waals surface area contributed by atoms with E-state index >= 15 is 8.78 Å². The molecule has 1 N–H and O–H groups in total. The van der Waals surface area contributed by atoms with Gasteiger partial charge in [-0.2, -0.15) is 0 Å². The van der Waals surface area contributed by atoms with E-state index in [1.54, 1.807) is 12.3 Å². The Balaban J connectivity index is 1.44. The number of imidazole rings is 1. The van der Waals surface area contributed by atoms with E-state index in [-0.39, 0.29) is 34.1 Å². The molecular formula is C27H32F2N8. The number of anilines is 2. The number of benzene rings is 1. The van der Waals surface area contributed by atoms with E-state index in [0.29, 0.717) is 10.4 Å². The molecule has 8 nitrogen and oxygen atoms in total. The molecule has 0 bridgehead atoms. The minimum Gasteiger partial charge on any atom is -0.326 e. The van der Waals surface area contributed by atoms with E-state index in [1.807, 2.05) is 6.07 Å². The number of nitrogens with one attached hydrogen (secondary N) is 1. The Morgan fingerprint density at radius 3 is 2.51 bits per heavy atom. The lowest BCUT2D eigenvalue weighted by molar-refractivity contribution is 0.132. The van der Waals surface area contributed by atoms with Crippen LogP contribution in [0, 0.1) is 18.6 Å². The number of aromatic nitrogens is 5. The summed E-state index contributed by atoms with van der Waals surface area (Å²) >= 11 is 0. The molecule has 1 aliphatic heterocycles. The predicted octanol–water partition coefficient (Wildman–Crippen LogP) is 4.94. The quantitative estimate of drug-likeness (QED) is 0.375. The van der Waals surface area contributed by atoms with Crippen LogP contribution >= 0.6 is 0 Å². The third kappa shape index (κ3) is 5.30. The van der Waals surface area contributed by atoms with Gasteiger partial charge in [0.1, 0.15) is 22.9 Å². The van der Waals surface area contributed by atoms with Gasteiger partial charge >= 0.3 is 0 Å². The van der Waals surface area contributed by atoms with Gasteiger partial charge in [-0.05, 0) is 50.9 Å². The fraction of sp³-hybridized carbons (Fsp3) is 0.407. The average molecular weight is 514 g/mol. The Morgan fingerprint density at radius 1 is 1.03 bits per heavy atom. The number of fused-ring (bicyclic) bond motifs is 1. The lowest BCUT2D eigenvalue weighted by Gasteiger charge is -2.33. The van der Waals surface area contributed by atoms with Crippen LogP contribution in [-0.2, 0) is 6.54 Å². The van der Waals surface area contributed by atoms with Gasteiger partial charge in [-0.15, -0.1) is 0 Å². The number of pyridine rings is 1. The zero-order valence-corrected chi connectivity index (χ0v) is 20.6. The molecule has 4 heterocycles. The van der Waals surface area contributed by atoms with Crippen molar-refractivity contribution >= 4 is 22.8 Å². The number of hydrogen-bond acceptors (Lipinski definition) is 7. The van der Waals surface area contributed by atoms with Crippen LogP contribution in [0.15, 0.2) is 36.7 Å². The Bertz CT molecular complexity index is 1640. The molecule has 3 aromatic heterocycles. The maximum atomic E-state index is 15.3. The number of piperazine rings is 1. The normalized spacial score (nSPS) is 18.9. The topological polar surface area (TPSA) is 75.0 Å². The van der Waals surface area contributed by atoms with Crippen LogP contribution in [0.4, 0.5) is 20.5 Å². The Labute approximate surface area is 225 Å². The number of aryl methyl sites for hydroxylation is 1. The number of hydrogen-bond donors (Lipinski definition) is 1. The lowest BCUT2D eigenvalue weighted by Crippen LogP contribution is -2.45. The highest BCUT2D eigenvalue weighted by Crippen LogP contribution is 2.30. The third-order valence-electron chi connectivity index (χ3n) is 6.51. The SMILES string of the molecule is [2H]C([2H])([2H])C([2H])(n1c(C)nc2c(F)cc(-c3nc(Nc4ccc(CN5CCN(CC)CC5)cn4)ncc3F)cc21)C([2H])([2H])[2H]. The Hall–Kier alpha value is -3.50. The van der Waals surface area contributed by atoms with E-state index in [2.05, 4.69) is 42.0 Å². The maximum Gasteiger partial charge on any atom is 0.229 e. The molecule has 1 saturated heterocycles. The van der Waals surface area contributed by atoms with Crippen LogP contribution < -0.4 is 5.32 Å². The van der Waals surface area contributed by atoms with Gasteiger partial charge < -0.3 is 14.8 Å². The van der Waals surface area contributed by atoms with Crippen LogP contribution in [0.1, 0.15) is 47.6 Å². The molecule has 0 spiro atoms. The maximum absolute atomic E-state index is 15.3. The summed E-state index contributed by atoms with van der Waals surface area (Å²) in [6, 6.07) is 2.58. The summed E-state index contributed by atoms with van der Waals surface area (Å²) in [6.07, 6.45) is 2.62. The van der Waals surface area contributed by atoms with Crippen molar-refractivity contribution in [2.75, 3.05) is 38.0 Å². The van der Waals surface area contributed by atoms with Crippen molar-refractivity contribution in [3.63, 3.8) is 0 Å². The van der Waals surface area contributed by atoms with Crippen molar-refractivity contribution in [1.29, 1.82) is 0 Å². The van der Waals surface area contributed by atoms with Crippen LogP contribution in [0.25, 0.3) is 22.3 Å². The molecule has 0 unspecified atom stereocenters. The largest absolute Gasteiger partial charge is 0.326 e. The van der Waals surface area contributed by atoms with Crippen LogP contribution in [0.5, 0.6) is 0 Å². The van der Waals surface area contributed by atoms with E-state index in [0.717, 1.165) is 57.1 Å². The fourth-order valence-corrected chi connectivity index (χ4v) is 4.53. The van der Waals surface area contributed by atoms with Gasteiger partial charge in [0.25, 0.3) is 0 Å². The first-order valence-corrected chi connectivity index (χ1v) is 12.0. The summed E-state index contributed by atoms with van der Waals surface area (Å²) in [6.45, 7) is 2.51.